The molecule has 0 radical (unpaired) electrons. The van der Waals surface area contributed by atoms with Gasteiger partial charge in [-0.3, -0.25) is 9.78 Å². The van der Waals surface area contributed by atoms with Gasteiger partial charge in [0.05, 0.1) is 23.5 Å². The van der Waals surface area contributed by atoms with Gasteiger partial charge in [0, 0.05) is 67.7 Å². The van der Waals surface area contributed by atoms with Crippen LogP contribution in [0.15, 0.2) is 67.6 Å². The van der Waals surface area contributed by atoms with Crippen molar-refractivity contribution in [3.8, 4) is 17.0 Å². The largest absolute Gasteiger partial charge is 0.491 e. The van der Waals surface area contributed by atoms with Crippen LogP contribution in [0.25, 0.3) is 22.2 Å². The zero-order chi connectivity index (χ0) is 28.8. The number of carbonyl (C=O) groups is 1. The zero-order valence-corrected chi connectivity index (χ0v) is 22.7. The van der Waals surface area contributed by atoms with Crippen LogP contribution < -0.4 is 15.4 Å². The second-order valence-electron chi connectivity index (χ2n) is 9.81. The van der Waals surface area contributed by atoms with E-state index in [9.17, 15) is 13.6 Å². The van der Waals surface area contributed by atoms with Crippen LogP contribution in [0.1, 0.15) is 6.42 Å². The third-order valence-electron chi connectivity index (χ3n) is 6.88. The lowest BCUT2D eigenvalue weighted by Crippen LogP contribution is -2.44. The molecule has 11 heteroatoms. The molecule has 1 fully saturated rings. The Balaban J connectivity index is 1.37. The molecule has 1 amide bonds. The third kappa shape index (κ3) is 7.00. The fourth-order valence-corrected chi connectivity index (χ4v) is 4.62. The summed E-state index contributed by atoms with van der Waals surface area (Å²) in [5.74, 6) is -0.791. The number of nitrogens with one attached hydrogen (secondary N) is 2. The minimum Gasteiger partial charge on any atom is -0.491 e. The van der Waals surface area contributed by atoms with Gasteiger partial charge in [-0.2, -0.15) is 0 Å². The summed E-state index contributed by atoms with van der Waals surface area (Å²) in [4.78, 5) is 30.0. The van der Waals surface area contributed by atoms with E-state index in [1.807, 2.05) is 0 Å². The second kappa shape index (κ2) is 12.8. The van der Waals surface area contributed by atoms with Gasteiger partial charge in [-0.05, 0) is 49.9 Å². The van der Waals surface area contributed by atoms with Crippen molar-refractivity contribution in [2.24, 2.45) is 0 Å². The van der Waals surface area contributed by atoms with Crippen LogP contribution in [0.2, 0.25) is 0 Å². The number of ether oxygens (including phenoxy) is 1. The number of aromatic nitrogens is 3. The number of fused-ring (bicyclic) bond motifs is 1. The molecule has 9 nitrogen and oxygen atoms in total. The molecule has 2 aromatic carbocycles. The van der Waals surface area contributed by atoms with E-state index in [0.29, 0.717) is 46.1 Å². The first-order chi connectivity index (χ1) is 19.9. The highest BCUT2D eigenvalue weighted by Crippen LogP contribution is 2.34. The maximum absolute atomic E-state index is 14.4. The number of likely N-dealkylation sites (N-methyl/N-ethyl adjacent to an activating group) is 1. The average Bonchev–Trinajstić information content (AvgIpc) is 2.97. The molecule has 0 unspecified atom stereocenters. The minimum absolute atomic E-state index is 0.173. The summed E-state index contributed by atoms with van der Waals surface area (Å²) in [5, 5.41) is 6.67. The number of amides is 1. The molecule has 0 bridgehead atoms. The Kier molecular flexibility index (Phi) is 8.76. The summed E-state index contributed by atoms with van der Waals surface area (Å²) in [6.45, 7) is 9.15. The van der Waals surface area contributed by atoms with Gasteiger partial charge < -0.3 is 25.2 Å². The molecular formula is C30H31F2N7O2. The topological polar surface area (TPSA) is 95.5 Å². The predicted molar refractivity (Wildman–Crippen MR) is 155 cm³/mol. The number of anilines is 3. The zero-order valence-electron chi connectivity index (χ0n) is 22.7. The molecule has 3 heterocycles. The normalized spacial score (nSPS) is 14.1. The third-order valence-corrected chi connectivity index (χ3v) is 6.88. The number of piperazine rings is 1. The first-order valence-corrected chi connectivity index (χ1v) is 13.3. The van der Waals surface area contributed by atoms with Crippen molar-refractivity contribution in [2.45, 2.75) is 6.42 Å². The van der Waals surface area contributed by atoms with Crippen LogP contribution in [0.5, 0.6) is 5.75 Å². The maximum atomic E-state index is 14.4. The van der Waals surface area contributed by atoms with E-state index < -0.39 is 11.6 Å². The summed E-state index contributed by atoms with van der Waals surface area (Å²) in [5.41, 5.74) is 2.15. The number of hydrogen-bond acceptors (Lipinski definition) is 8. The Morgan fingerprint density at radius 1 is 1.07 bits per heavy atom. The summed E-state index contributed by atoms with van der Waals surface area (Å²) in [6.07, 6.45) is 4.97. The average molecular weight is 560 g/mol. The molecule has 41 heavy (non-hydrogen) atoms. The van der Waals surface area contributed by atoms with E-state index >= 15 is 0 Å². The van der Waals surface area contributed by atoms with Gasteiger partial charge in [0.2, 0.25) is 5.91 Å². The van der Waals surface area contributed by atoms with Crippen molar-refractivity contribution in [3.63, 3.8) is 0 Å². The monoisotopic (exact) mass is 559 g/mol. The van der Waals surface area contributed by atoms with Crippen LogP contribution in [-0.4, -0.2) is 77.0 Å². The maximum Gasteiger partial charge on any atom is 0.247 e. The Morgan fingerprint density at radius 2 is 1.90 bits per heavy atom. The summed E-state index contributed by atoms with van der Waals surface area (Å²) in [7, 11) is 2.13. The summed E-state index contributed by atoms with van der Waals surface area (Å²) >= 11 is 0. The lowest BCUT2D eigenvalue weighted by molar-refractivity contribution is -0.111. The molecule has 4 aromatic rings. The number of hydrogen-bond donors (Lipinski definition) is 2. The van der Waals surface area contributed by atoms with Crippen molar-refractivity contribution < 1.29 is 18.3 Å². The van der Waals surface area contributed by atoms with Gasteiger partial charge in [-0.15, -0.1) is 0 Å². The van der Waals surface area contributed by atoms with E-state index in [2.05, 4.69) is 49.0 Å². The van der Waals surface area contributed by atoms with Crippen LogP contribution >= 0.6 is 0 Å². The Morgan fingerprint density at radius 3 is 2.68 bits per heavy atom. The van der Waals surface area contributed by atoms with Crippen molar-refractivity contribution in [3.05, 3.63) is 79.3 Å². The number of nitrogens with zero attached hydrogens (tertiary/aromatic N) is 5. The van der Waals surface area contributed by atoms with Gasteiger partial charge in [-0.1, -0.05) is 6.58 Å². The van der Waals surface area contributed by atoms with Crippen LogP contribution in [0, 0.1) is 11.6 Å². The van der Waals surface area contributed by atoms with Gasteiger partial charge in [-0.25, -0.2) is 18.7 Å². The number of pyridine rings is 1. The molecule has 0 saturated carbocycles. The number of benzene rings is 2. The molecule has 5 rings (SSSR count). The van der Waals surface area contributed by atoms with E-state index in [1.54, 1.807) is 24.3 Å². The first-order valence-electron chi connectivity index (χ1n) is 13.3. The molecule has 1 aliphatic heterocycles. The molecule has 2 aromatic heterocycles. The minimum atomic E-state index is -0.708. The first kappa shape index (κ1) is 28.1. The molecule has 1 saturated heterocycles. The highest BCUT2D eigenvalue weighted by atomic mass is 19.1. The van der Waals surface area contributed by atoms with Crippen LogP contribution in [0.3, 0.4) is 0 Å². The molecule has 1 aliphatic rings. The van der Waals surface area contributed by atoms with Crippen LogP contribution in [0.4, 0.5) is 26.0 Å². The standard InChI is InChI=1S/C30H31F2N7O2/c1-3-29(40)37-27-17-23-26(18-28(27)41-14-4-9-39-12-10-38(2)11-13-39)34-19-35-30(23)36-21-7-8-33-25(16-21)22-6-5-20(31)15-24(22)32/h3,5-8,15-19H,1,4,9-14H2,2H3,(H,37,40)(H,33,34,35,36). The molecule has 0 aliphatic carbocycles. The van der Waals surface area contributed by atoms with E-state index in [-0.39, 0.29) is 11.5 Å². The number of halogens is 2. The molecule has 0 atom stereocenters. The number of carbonyl (C=O) groups excluding carboxylic acids is 1. The Labute approximate surface area is 236 Å². The fourth-order valence-electron chi connectivity index (χ4n) is 4.62. The SMILES string of the molecule is C=CC(=O)Nc1cc2c(Nc3ccnc(-c4ccc(F)cc4F)c3)ncnc2cc1OCCCN1CCN(C)CC1. The van der Waals surface area contributed by atoms with Gasteiger partial charge in [0.1, 0.15) is 29.5 Å². The second-order valence-corrected chi connectivity index (χ2v) is 9.81. The summed E-state index contributed by atoms with van der Waals surface area (Å²) < 4.78 is 33.9. The molecule has 2 N–H and O–H groups in total. The van der Waals surface area contributed by atoms with E-state index in [4.69, 9.17) is 4.74 Å². The van der Waals surface area contributed by atoms with Crippen LogP contribution in [-0.2, 0) is 4.79 Å². The lowest BCUT2D eigenvalue weighted by Gasteiger charge is -2.32. The van der Waals surface area contributed by atoms with Gasteiger partial charge in [0.25, 0.3) is 0 Å². The molecule has 0 spiro atoms. The smallest absolute Gasteiger partial charge is 0.247 e. The van der Waals surface area contributed by atoms with Crippen molar-refractivity contribution >= 4 is 34.0 Å². The van der Waals surface area contributed by atoms with Gasteiger partial charge >= 0.3 is 0 Å². The van der Waals surface area contributed by atoms with Gasteiger partial charge in [0.15, 0.2) is 0 Å². The highest BCUT2D eigenvalue weighted by molar-refractivity contribution is 6.03. The molecule has 212 valence electrons. The Bertz CT molecular complexity index is 1560. The highest BCUT2D eigenvalue weighted by Gasteiger charge is 2.16. The summed E-state index contributed by atoms with van der Waals surface area (Å²) in [6, 6.07) is 10.2. The quantitative estimate of drug-likeness (QED) is 0.210. The predicted octanol–water partition coefficient (Wildman–Crippen LogP) is 4.85. The van der Waals surface area contributed by atoms with Crippen molar-refractivity contribution in [1.82, 2.24) is 24.8 Å². The van der Waals surface area contributed by atoms with Crippen molar-refractivity contribution in [2.75, 3.05) is 57.0 Å². The van der Waals surface area contributed by atoms with E-state index in [0.717, 1.165) is 45.2 Å². The molecular weight excluding hydrogens is 528 g/mol. The Hall–Kier alpha value is -4.48. The fraction of sp³-hybridized carbons (Fsp3) is 0.267. The number of rotatable bonds is 10. The van der Waals surface area contributed by atoms with E-state index in [1.165, 1.54) is 30.7 Å². The van der Waals surface area contributed by atoms with Crippen molar-refractivity contribution in [1.29, 1.82) is 0 Å². The lowest BCUT2D eigenvalue weighted by atomic mass is 10.1.